The molecule has 0 rings (SSSR count). The van der Waals surface area contributed by atoms with E-state index in [1.54, 1.807) is 0 Å². The summed E-state index contributed by atoms with van der Waals surface area (Å²) in [5.74, 6) is -0.193. The molecule has 1 amide bonds. The lowest BCUT2D eigenvalue weighted by Gasteiger charge is -2.25. The van der Waals surface area contributed by atoms with Crippen molar-refractivity contribution in [3.05, 3.63) is 72.9 Å². The third kappa shape index (κ3) is 34.4. The molecule has 3 atom stereocenters. The summed E-state index contributed by atoms with van der Waals surface area (Å²) in [6.45, 7) is 4.00. The van der Waals surface area contributed by atoms with Crippen LogP contribution in [-0.4, -0.2) is 47.8 Å². The van der Waals surface area contributed by atoms with E-state index in [0.29, 0.717) is 12.8 Å². The Morgan fingerprint density at radius 1 is 0.680 bits per heavy atom. The minimum absolute atomic E-state index is 0.0799. The highest BCUT2D eigenvalue weighted by Gasteiger charge is 2.27. The van der Waals surface area contributed by atoms with Gasteiger partial charge in [0.05, 0.1) is 25.4 Å². The van der Waals surface area contributed by atoms with Crippen LogP contribution in [0.1, 0.15) is 149 Å². The third-order valence-electron chi connectivity index (χ3n) is 8.07. The third-order valence-corrected chi connectivity index (χ3v) is 9.06. The van der Waals surface area contributed by atoms with Crippen LogP contribution < -0.4 is 11.1 Å². The Balaban J connectivity index is 4.19. The second-order valence-corrected chi connectivity index (χ2v) is 14.2. The average Bonchev–Trinajstić information content (AvgIpc) is 3.10. The number of hydrogen-bond donors (Lipinski definition) is 4. The number of allylic oxidation sites excluding steroid dienone is 12. The SMILES string of the molecule is CC/C=C\C/C=C\C/C=C\C/C=C\C/C=C\C/C=C\CCCCCCC(=O)NC(COP(=O)(O)OCCN)C(O)CCCCCCCCCC. The van der Waals surface area contributed by atoms with Crippen molar-refractivity contribution in [2.75, 3.05) is 19.8 Å². The van der Waals surface area contributed by atoms with Crippen molar-refractivity contribution < 1.29 is 28.4 Å². The number of amides is 1. The lowest BCUT2D eigenvalue weighted by atomic mass is 10.0. The Hall–Kier alpha value is -2.06. The number of phosphoric ester groups is 1. The molecule has 0 aliphatic rings. The summed E-state index contributed by atoms with van der Waals surface area (Å²) in [5, 5.41) is 13.6. The molecule has 9 heteroatoms. The fourth-order valence-corrected chi connectivity index (χ4v) is 5.90. The Morgan fingerprint density at radius 2 is 1.16 bits per heavy atom. The molecule has 0 saturated carbocycles. The molecular formula is C41H73N2O6P. The first kappa shape index (κ1) is 47.9. The van der Waals surface area contributed by atoms with Crippen molar-refractivity contribution >= 4 is 13.7 Å². The highest BCUT2D eigenvalue weighted by molar-refractivity contribution is 7.47. The van der Waals surface area contributed by atoms with Gasteiger partial charge in [0, 0.05) is 13.0 Å². The van der Waals surface area contributed by atoms with Crippen molar-refractivity contribution in [3.63, 3.8) is 0 Å². The van der Waals surface area contributed by atoms with Crippen LogP contribution in [0.2, 0.25) is 0 Å². The monoisotopic (exact) mass is 721 g/mol. The van der Waals surface area contributed by atoms with E-state index in [9.17, 15) is 19.4 Å². The lowest BCUT2D eigenvalue weighted by Crippen LogP contribution is -2.46. The van der Waals surface area contributed by atoms with E-state index in [1.807, 2.05) is 0 Å². The van der Waals surface area contributed by atoms with E-state index in [4.69, 9.17) is 14.8 Å². The van der Waals surface area contributed by atoms with Gasteiger partial charge in [-0.2, -0.15) is 0 Å². The van der Waals surface area contributed by atoms with Crippen molar-refractivity contribution in [2.45, 2.75) is 161 Å². The molecule has 3 unspecified atom stereocenters. The van der Waals surface area contributed by atoms with Gasteiger partial charge in [-0.05, 0) is 64.2 Å². The van der Waals surface area contributed by atoms with Crippen LogP contribution in [0.15, 0.2) is 72.9 Å². The van der Waals surface area contributed by atoms with Gasteiger partial charge in [-0.1, -0.05) is 151 Å². The van der Waals surface area contributed by atoms with Gasteiger partial charge >= 0.3 is 7.82 Å². The predicted molar refractivity (Wildman–Crippen MR) is 212 cm³/mol. The molecule has 0 radical (unpaired) electrons. The van der Waals surface area contributed by atoms with Gasteiger partial charge in [0.2, 0.25) is 5.91 Å². The minimum Gasteiger partial charge on any atom is -0.391 e. The Bertz CT molecular complexity index is 1010. The number of aliphatic hydroxyl groups excluding tert-OH is 1. The molecule has 0 heterocycles. The van der Waals surface area contributed by atoms with Crippen LogP contribution >= 0.6 is 7.82 Å². The Labute approximate surface area is 306 Å². The first-order valence-corrected chi connectivity index (χ1v) is 21.0. The zero-order valence-electron chi connectivity index (χ0n) is 31.6. The molecule has 5 N–H and O–H groups in total. The van der Waals surface area contributed by atoms with E-state index in [-0.39, 0.29) is 25.7 Å². The number of carbonyl (C=O) groups is 1. The fourth-order valence-electron chi connectivity index (χ4n) is 5.14. The molecule has 0 aromatic rings. The number of hydrogen-bond acceptors (Lipinski definition) is 6. The first-order valence-electron chi connectivity index (χ1n) is 19.6. The van der Waals surface area contributed by atoms with Gasteiger partial charge in [-0.3, -0.25) is 13.8 Å². The maximum Gasteiger partial charge on any atom is 0.472 e. The summed E-state index contributed by atoms with van der Waals surface area (Å²) in [4.78, 5) is 22.6. The van der Waals surface area contributed by atoms with Crippen LogP contribution in [0.4, 0.5) is 0 Å². The molecule has 0 saturated heterocycles. The molecule has 288 valence electrons. The number of aliphatic hydroxyl groups is 1. The molecule has 0 aliphatic heterocycles. The van der Waals surface area contributed by atoms with Crippen LogP contribution in [0, 0.1) is 0 Å². The molecule has 0 aliphatic carbocycles. The van der Waals surface area contributed by atoms with E-state index in [1.165, 1.54) is 32.1 Å². The van der Waals surface area contributed by atoms with E-state index < -0.39 is 20.0 Å². The molecular weight excluding hydrogens is 647 g/mol. The average molecular weight is 721 g/mol. The van der Waals surface area contributed by atoms with Gasteiger partial charge in [0.15, 0.2) is 0 Å². The topological polar surface area (TPSA) is 131 Å². The summed E-state index contributed by atoms with van der Waals surface area (Å²) < 4.78 is 22.0. The second-order valence-electron chi connectivity index (χ2n) is 12.8. The largest absolute Gasteiger partial charge is 0.472 e. The van der Waals surface area contributed by atoms with Crippen LogP contribution in [0.3, 0.4) is 0 Å². The van der Waals surface area contributed by atoms with Crippen molar-refractivity contribution in [2.24, 2.45) is 5.73 Å². The van der Waals surface area contributed by atoms with Crippen molar-refractivity contribution in [1.82, 2.24) is 5.32 Å². The lowest BCUT2D eigenvalue weighted by molar-refractivity contribution is -0.123. The van der Waals surface area contributed by atoms with Gasteiger partial charge in [-0.25, -0.2) is 4.57 Å². The van der Waals surface area contributed by atoms with Gasteiger partial charge in [0.25, 0.3) is 0 Å². The molecule has 0 aromatic heterocycles. The maximum absolute atomic E-state index is 12.7. The number of nitrogens with two attached hydrogens (primary N) is 1. The normalized spacial score (nSPS) is 15.1. The number of rotatable bonds is 35. The highest BCUT2D eigenvalue weighted by Crippen LogP contribution is 2.43. The first-order chi connectivity index (χ1) is 24.4. The Kier molecular flexibility index (Phi) is 35.2. The highest BCUT2D eigenvalue weighted by atomic mass is 31.2. The number of phosphoric acid groups is 1. The molecule has 0 aromatic carbocycles. The van der Waals surface area contributed by atoms with Gasteiger partial charge in [-0.15, -0.1) is 0 Å². The zero-order valence-corrected chi connectivity index (χ0v) is 32.5. The predicted octanol–water partition coefficient (Wildman–Crippen LogP) is 10.5. The zero-order chi connectivity index (χ0) is 36.8. The molecule has 0 bridgehead atoms. The van der Waals surface area contributed by atoms with Crippen LogP contribution in [0.5, 0.6) is 0 Å². The minimum atomic E-state index is -4.32. The number of carbonyl (C=O) groups excluding carboxylic acids is 1. The Morgan fingerprint density at radius 3 is 1.70 bits per heavy atom. The van der Waals surface area contributed by atoms with Gasteiger partial charge in [0.1, 0.15) is 0 Å². The molecule has 0 spiro atoms. The van der Waals surface area contributed by atoms with E-state index in [0.717, 1.165) is 89.9 Å². The summed E-state index contributed by atoms with van der Waals surface area (Å²) in [5.41, 5.74) is 5.35. The van der Waals surface area contributed by atoms with E-state index in [2.05, 4.69) is 92.1 Å². The summed E-state index contributed by atoms with van der Waals surface area (Å²) >= 11 is 0. The standard InChI is InChI=1S/C41H73N2O6P/c1-3-5-7-9-11-13-14-15-16-17-18-19-20-21-22-23-24-25-26-27-29-31-33-35-41(45)43-39(38-49-50(46,47)48-37-36-42)40(44)34-32-30-28-12-10-8-6-4-2/h5,7,11,13,15-16,18-19,21-22,24-25,39-40,44H,3-4,6,8-10,12,14,17,20,23,26-38,42H2,1-2H3,(H,43,45)(H,46,47)/b7-5-,13-11-,16-15-,19-18-,22-21-,25-24-. The molecule has 0 fully saturated rings. The summed E-state index contributed by atoms with van der Waals surface area (Å²) in [6, 6.07) is -0.790. The second kappa shape index (κ2) is 36.7. The quantitative estimate of drug-likeness (QED) is 0.0291. The van der Waals surface area contributed by atoms with E-state index >= 15 is 0 Å². The number of nitrogens with one attached hydrogen (secondary N) is 1. The number of unbranched alkanes of at least 4 members (excludes halogenated alkanes) is 11. The smallest absolute Gasteiger partial charge is 0.391 e. The van der Waals surface area contributed by atoms with Crippen LogP contribution in [0.25, 0.3) is 0 Å². The van der Waals surface area contributed by atoms with Gasteiger partial charge < -0.3 is 21.1 Å². The molecule has 50 heavy (non-hydrogen) atoms. The van der Waals surface area contributed by atoms with Crippen molar-refractivity contribution in [1.29, 1.82) is 0 Å². The van der Waals surface area contributed by atoms with Crippen molar-refractivity contribution in [3.8, 4) is 0 Å². The molecule has 8 nitrogen and oxygen atoms in total. The summed E-state index contributed by atoms with van der Waals surface area (Å²) in [7, 11) is -4.32. The maximum atomic E-state index is 12.7. The van der Waals surface area contributed by atoms with Crippen LogP contribution in [-0.2, 0) is 18.4 Å². The fraction of sp³-hybridized carbons (Fsp3) is 0.683. The summed E-state index contributed by atoms with van der Waals surface area (Å²) in [6.07, 6.45) is 46.3.